The van der Waals surface area contributed by atoms with Crippen molar-refractivity contribution in [3.05, 3.63) is 57.0 Å². The van der Waals surface area contributed by atoms with Gasteiger partial charge in [0, 0.05) is 23.7 Å². The number of carbonyl (C=O) groups is 1. The van der Waals surface area contributed by atoms with Crippen LogP contribution >= 0.6 is 15.9 Å². The van der Waals surface area contributed by atoms with Crippen LogP contribution in [0.3, 0.4) is 0 Å². The number of pyridine rings is 1. The zero-order chi connectivity index (χ0) is 15.9. The maximum absolute atomic E-state index is 12.3. The number of nitrogens with zero attached hydrogens (tertiary/aromatic N) is 1. The van der Waals surface area contributed by atoms with Gasteiger partial charge in [0.05, 0.1) is 5.52 Å². The van der Waals surface area contributed by atoms with Crippen LogP contribution in [0.2, 0.25) is 0 Å². The van der Waals surface area contributed by atoms with Crippen LogP contribution in [0.25, 0.3) is 22.2 Å². The molecule has 0 unspecified atom stereocenters. The van der Waals surface area contributed by atoms with Crippen molar-refractivity contribution in [2.75, 3.05) is 0 Å². The van der Waals surface area contributed by atoms with E-state index in [9.17, 15) is 9.59 Å². The smallest absolute Gasteiger partial charge is 0.341 e. The first kappa shape index (κ1) is 14.6. The van der Waals surface area contributed by atoms with E-state index < -0.39 is 11.4 Å². The summed E-state index contributed by atoms with van der Waals surface area (Å²) in [6.07, 6.45) is 1.38. The minimum absolute atomic E-state index is 0.220. The molecule has 0 saturated carbocycles. The molecule has 112 valence electrons. The average molecular weight is 362 g/mol. The van der Waals surface area contributed by atoms with Crippen LogP contribution in [0.4, 0.5) is 0 Å². The highest BCUT2D eigenvalue weighted by molar-refractivity contribution is 9.10. The quantitative estimate of drug-likeness (QED) is 0.770. The highest BCUT2D eigenvalue weighted by Crippen LogP contribution is 2.27. The molecule has 22 heavy (non-hydrogen) atoms. The number of benzene rings is 1. The Morgan fingerprint density at radius 1 is 1.32 bits per heavy atom. The summed E-state index contributed by atoms with van der Waals surface area (Å²) in [5.74, 6) is -0.542. The number of carboxylic acids is 1. The summed E-state index contributed by atoms with van der Waals surface area (Å²) in [5.41, 5.74) is 0.813. The standard InChI is InChI=1S/C16H12BrNO4/c1-2-18-8-11(16(20)21)15(19)10-4-3-9(7-12(10)18)13-5-6-14(17)22-13/h3-8H,2H2,1H3,(H,20,21). The SMILES string of the molecule is CCn1cc(C(=O)O)c(=O)c2ccc(-c3ccc(Br)o3)cc21. The fourth-order valence-electron chi connectivity index (χ4n) is 2.43. The molecule has 0 aliphatic heterocycles. The van der Waals surface area contributed by atoms with E-state index in [-0.39, 0.29) is 5.56 Å². The predicted octanol–water partition coefficient (Wildman–Crippen LogP) is 3.74. The van der Waals surface area contributed by atoms with Crippen molar-refractivity contribution in [2.45, 2.75) is 13.5 Å². The maximum atomic E-state index is 12.3. The summed E-state index contributed by atoms with van der Waals surface area (Å²) in [5, 5.41) is 9.53. The van der Waals surface area contributed by atoms with Gasteiger partial charge in [-0.2, -0.15) is 0 Å². The monoisotopic (exact) mass is 361 g/mol. The van der Waals surface area contributed by atoms with E-state index in [1.54, 1.807) is 22.8 Å². The Morgan fingerprint density at radius 2 is 2.09 bits per heavy atom. The zero-order valence-electron chi connectivity index (χ0n) is 11.7. The minimum Gasteiger partial charge on any atom is -0.477 e. The molecule has 0 radical (unpaired) electrons. The molecule has 0 fully saturated rings. The minimum atomic E-state index is -1.21. The predicted molar refractivity (Wildman–Crippen MR) is 86.2 cm³/mol. The molecule has 0 bridgehead atoms. The number of hydrogen-bond donors (Lipinski definition) is 1. The molecule has 0 saturated heterocycles. The number of hydrogen-bond acceptors (Lipinski definition) is 3. The lowest BCUT2D eigenvalue weighted by atomic mass is 10.1. The van der Waals surface area contributed by atoms with Gasteiger partial charge in [0.1, 0.15) is 11.3 Å². The molecule has 2 aromatic heterocycles. The van der Waals surface area contributed by atoms with Gasteiger partial charge in [0.25, 0.3) is 0 Å². The van der Waals surface area contributed by atoms with E-state index in [1.165, 1.54) is 6.20 Å². The lowest BCUT2D eigenvalue weighted by molar-refractivity contribution is 0.0695. The number of carboxylic acid groups (broad SMARTS) is 1. The van der Waals surface area contributed by atoms with Gasteiger partial charge < -0.3 is 14.1 Å². The van der Waals surface area contributed by atoms with Gasteiger partial charge in [0.2, 0.25) is 5.43 Å². The van der Waals surface area contributed by atoms with E-state index in [4.69, 9.17) is 9.52 Å². The molecule has 2 heterocycles. The molecule has 0 atom stereocenters. The highest BCUT2D eigenvalue weighted by atomic mass is 79.9. The van der Waals surface area contributed by atoms with Gasteiger partial charge in [-0.1, -0.05) is 6.07 Å². The molecule has 1 aromatic carbocycles. The van der Waals surface area contributed by atoms with E-state index in [0.29, 0.717) is 27.9 Å². The molecule has 0 aliphatic rings. The number of furan rings is 1. The number of aryl methyl sites for hydroxylation is 1. The summed E-state index contributed by atoms with van der Waals surface area (Å²) in [7, 11) is 0. The zero-order valence-corrected chi connectivity index (χ0v) is 13.3. The lowest BCUT2D eigenvalue weighted by Gasteiger charge is -2.11. The van der Waals surface area contributed by atoms with Crippen LogP contribution < -0.4 is 5.43 Å². The fraction of sp³-hybridized carbons (Fsp3) is 0.125. The maximum Gasteiger partial charge on any atom is 0.341 e. The molecule has 3 rings (SSSR count). The van der Waals surface area contributed by atoms with Crippen LogP contribution in [-0.4, -0.2) is 15.6 Å². The molecule has 0 spiro atoms. The van der Waals surface area contributed by atoms with Gasteiger partial charge in [-0.3, -0.25) is 4.79 Å². The first-order valence-electron chi connectivity index (χ1n) is 6.67. The number of fused-ring (bicyclic) bond motifs is 1. The average Bonchev–Trinajstić information content (AvgIpc) is 2.93. The molecule has 0 amide bonds. The van der Waals surface area contributed by atoms with E-state index in [0.717, 1.165) is 5.56 Å². The molecular weight excluding hydrogens is 350 g/mol. The topological polar surface area (TPSA) is 72.4 Å². The van der Waals surface area contributed by atoms with Gasteiger partial charge in [-0.15, -0.1) is 0 Å². The Morgan fingerprint density at radius 3 is 2.68 bits per heavy atom. The summed E-state index contributed by atoms with van der Waals surface area (Å²) in [6, 6.07) is 8.84. The molecule has 0 aliphatic carbocycles. The second-order valence-corrected chi connectivity index (χ2v) is 5.58. The van der Waals surface area contributed by atoms with E-state index in [2.05, 4.69) is 15.9 Å². The van der Waals surface area contributed by atoms with Crippen LogP contribution in [-0.2, 0) is 6.54 Å². The van der Waals surface area contributed by atoms with Crippen molar-refractivity contribution in [1.29, 1.82) is 0 Å². The number of aromatic carboxylic acids is 1. The summed E-state index contributed by atoms with van der Waals surface area (Å²) < 4.78 is 7.89. The number of rotatable bonds is 3. The molecular formula is C16H12BrNO4. The lowest BCUT2D eigenvalue weighted by Crippen LogP contribution is -2.18. The summed E-state index contributed by atoms with van der Waals surface area (Å²) in [4.78, 5) is 23.5. The van der Waals surface area contributed by atoms with Gasteiger partial charge in [-0.25, -0.2) is 4.79 Å². The molecule has 5 nitrogen and oxygen atoms in total. The number of halogens is 1. The Kier molecular flexibility index (Phi) is 3.62. The first-order valence-corrected chi connectivity index (χ1v) is 7.46. The third kappa shape index (κ3) is 2.35. The van der Waals surface area contributed by atoms with Crippen molar-refractivity contribution in [3.63, 3.8) is 0 Å². The Balaban J connectivity index is 2.30. The van der Waals surface area contributed by atoms with Crippen molar-refractivity contribution >= 4 is 32.8 Å². The molecule has 1 N–H and O–H groups in total. The van der Waals surface area contributed by atoms with Crippen molar-refractivity contribution in [1.82, 2.24) is 4.57 Å². The van der Waals surface area contributed by atoms with Gasteiger partial charge >= 0.3 is 5.97 Å². The molecule has 3 aromatic rings. The largest absolute Gasteiger partial charge is 0.477 e. The van der Waals surface area contributed by atoms with Crippen molar-refractivity contribution in [2.24, 2.45) is 0 Å². The third-order valence-electron chi connectivity index (χ3n) is 3.51. The van der Waals surface area contributed by atoms with Crippen molar-refractivity contribution < 1.29 is 14.3 Å². The Bertz CT molecular complexity index is 939. The number of aromatic nitrogens is 1. The highest BCUT2D eigenvalue weighted by Gasteiger charge is 2.15. The Labute approximate surface area is 133 Å². The van der Waals surface area contributed by atoms with Crippen molar-refractivity contribution in [3.8, 4) is 11.3 Å². The summed E-state index contributed by atoms with van der Waals surface area (Å²) in [6.45, 7) is 2.45. The van der Waals surface area contributed by atoms with Crippen LogP contribution in [0.15, 0.2) is 50.4 Å². The Hall–Kier alpha value is -2.34. The van der Waals surface area contributed by atoms with E-state index >= 15 is 0 Å². The van der Waals surface area contributed by atoms with Crippen LogP contribution in [0, 0.1) is 0 Å². The second kappa shape index (κ2) is 5.46. The van der Waals surface area contributed by atoms with Gasteiger partial charge in [-0.05, 0) is 47.1 Å². The third-order valence-corrected chi connectivity index (χ3v) is 3.94. The van der Waals surface area contributed by atoms with Gasteiger partial charge in [0.15, 0.2) is 4.67 Å². The second-order valence-electron chi connectivity index (χ2n) is 4.80. The fourth-order valence-corrected chi connectivity index (χ4v) is 2.73. The van der Waals surface area contributed by atoms with E-state index in [1.807, 2.05) is 19.1 Å². The van der Waals surface area contributed by atoms with Crippen LogP contribution in [0.1, 0.15) is 17.3 Å². The summed E-state index contributed by atoms with van der Waals surface area (Å²) >= 11 is 3.26. The first-order chi connectivity index (χ1) is 10.5. The van der Waals surface area contributed by atoms with Crippen LogP contribution in [0.5, 0.6) is 0 Å². The normalized spacial score (nSPS) is 11.0. The molecule has 6 heteroatoms.